The Kier molecular flexibility index (Phi) is 5.97. The molecule has 0 heterocycles. The van der Waals surface area contributed by atoms with Crippen LogP contribution in [0.25, 0.3) is 0 Å². The Bertz CT molecular complexity index is 423. The van der Waals surface area contributed by atoms with Gasteiger partial charge in [-0.15, -0.1) is 0 Å². The molecule has 0 radical (unpaired) electrons. The largest absolute Gasteiger partial charge is 0.408 e. The zero-order valence-electron chi connectivity index (χ0n) is 11.0. The van der Waals surface area contributed by atoms with Gasteiger partial charge in [0.25, 0.3) is 0 Å². The lowest BCUT2D eigenvalue weighted by atomic mass is 10.1. The van der Waals surface area contributed by atoms with Crippen molar-refractivity contribution in [2.24, 2.45) is 5.73 Å². The van der Waals surface area contributed by atoms with E-state index in [0.717, 1.165) is 0 Å². The normalized spacial score (nSPS) is 14.7. The van der Waals surface area contributed by atoms with Crippen LogP contribution in [0.2, 0.25) is 0 Å². The molecule has 0 fully saturated rings. The van der Waals surface area contributed by atoms with E-state index in [-0.39, 0.29) is 13.0 Å². The van der Waals surface area contributed by atoms with Gasteiger partial charge in [0.2, 0.25) is 5.91 Å². The molecule has 0 saturated heterocycles. The second-order valence-electron chi connectivity index (χ2n) is 4.35. The number of rotatable bonds is 6. The van der Waals surface area contributed by atoms with E-state index >= 15 is 0 Å². The molecule has 0 aliphatic heterocycles. The summed E-state index contributed by atoms with van der Waals surface area (Å²) in [5.74, 6) is -0.884. The molecular weight excluding hydrogens is 273 g/mol. The van der Waals surface area contributed by atoms with Crippen LogP contribution >= 0.6 is 0 Å². The van der Waals surface area contributed by atoms with Gasteiger partial charge >= 0.3 is 6.18 Å². The number of alkyl halides is 3. The van der Waals surface area contributed by atoms with Crippen LogP contribution in [0.4, 0.5) is 13.2 Å². The van der Waals surface area contributed by atoms with Crippen molar-refractivity contribution in [3.63, 3.8) is 0 Å². The van der Waals surface area contributed by atoms with Crippen molar-refractivity contribution in [3.8, 4) is 0 Å². The Morgan fingerprint density at radius 2 is 1.95 bits per heavy atom. The van der Waals surface area contributed by atoms with Gasteiger partial charge in [0.05, 0.1) is 6.61 Å². The number of ether oxygens (including phenoxy) is 1. The smallest absolute Gasteiger partial charge is 0.383 e. The summed E-state index contributed by atoms with van der Waals surface area (Å²) < 4.78 is 43.4. The molecule has 20 heavy (non-hydrogen) atoms. The highest BCUT2D eigenvalue weighted by molar-refractivity contribution is 5.82. The van der Waals surface area contributed by atoms with Crippen molar-refractivity contribution in [1.82, 2.24) is 5.32 Å². The highest BCUT2D eigenvalue weighted by atomic mass is 19.4. The Labute approximate surface area is 115 Å². The van der Waals surface area contributed by atoms with Crippen LogP contribution in [0.1, 0.15) is 5.56 Å². The summed E-state index contributed by atoms with van der Waals surface area (Å²) in [5, 5.41) is 1.92. The molecule has 0 aliphatic rings. The van der Waals surface area contributed by atoms with Gasteiger partial charge in [-0.05, 0) is 5.56 Å². The van der Waals surface area contributed by atoms with E-state index in [4.69, 9.17) is 5.73 Å². The number of halogens is 3. The lowest BCUT2D eigenvalue weighted by molar-refractivity contribution is -0.162. The van der Waals surface area contributed by atoms with E-state index in [1.807, 2.05) is 5.32 Å². The predicted octanol–water partition coefficient (Wildman–Crippen LogP) is 1.25. The highest BCUT2D eigenvalue weighted by Gasteiger charge is 2.41. The molecule has 112 valence electrons. The molecule has 1 aromatic rings. The molecule has 1 aromatic carbocycles. The molecule has 0 aliphatic carbocycles. The molecule has 0 aromatic heterocycles. The summed E-state index contributed by atoms with van der Waals surface area (Å²) in [5.41, 5.74) is 5.89. The number of methoxy groups -OCH3 is 1. The lowest BCUT2D eigenvalue weighted by Gasteiger charge is -2.23. The topological polar surface area (TPSA) is 64.3 Å². The average Bonchev–Trinajstić information content (AvgIpc) is 2.38. The van der Waals surface area contributed by atoms with E-state index < -0.39 is 24.2 Å². The molecule has 0 bridgehead atoms. The third kappa shape index (κ3) is 5.18. The van der Waals surface area contributed by atoms with Gasteiger partial charge in [-0.3, -0.25) is 4.79 Å². The SMILES string of the molecule is COCC(N)C(=O)NC(Cc1ccccc1)C(F)(F)F. The number of carbonyl (C=O) groups is 1. The van der Waals surface area contributed by atoms with Crippen molar-refractivity contribution in [2.75, 3.05) is 13.7 Å². The maximum atomic E-state index is 12.9. The molecule has 7 heteroatoms. The molecule has 0 saturated carbocycles. The van der Waals surface area contributed by atoms with E-state index in [1.54, 1.807) is 30.3 Å². The number of benzene rings is 1. The van der Waals surface area contributed by atoms with E-state index in [9.17, 15) is 18.0 Å². The van der Waals surface area contributed by atoms with Crippen LogP contribution < -0.4 is 11.1 Å². The predicted molar refractivity (Wildman–Crippen MR) is 68.0 cm³/mol. The summed E-state index contributed by atoms with van der Waals surface area (Å²) in [4.78, 5) is 11.6. The summed E-state index contributed by atoms with van der Waals surface area (Å²) >= 11 is 0. The highest BCUT2D eigenvalue weighted by Crippen LogP contribution is 2.23. The Morgan fingerprint density at radius 3 is 2.45 bits per heavy atom. The Balaban J connectivity index is 2.73. The molecule has 1 rings (SSSR count). The van der Waals surface area contributed by atoms with E-state index in [0.29, 0.717) is 5.56 Å². The third-order valence-electron chi connectivity index (χ3n) is 2.68. The van der Waals surface area contributed by atoms with Crippen LogP contribution in [-0.2, 0) is 16.0 Å². The number of hydrogen-bond acceptors (Lipinski definition) is 3. The first-order valence-corrected chi connectivity index (χ1v) is 6.00. The molecule has 3 N–H and O–H groups in total. The van der Waals surface area contributed by atoms with E-state index in [2.05, 4.69) is 4.74 Å². The van der Waals surface area contributed by atoms with Gasteiger partial charge < -0.3 is 15.8 Å². The molecule has 2 atom stereocenters. The first-order chi connectivity index (χ1) is 9.34. The van der Waals surface area contributed by atoms with E-state index in [1.165, 1.54) is 7.11 Å². The molecule has 1 amide bonds. The fourth-order valence-corrected chi connectivity index (χ4v) is 1.63. The van der Waals surface area contributed by atoms with Crippen LogP contribution in [0.15, 0.2) is 30.3 Å². The van der Waals surface area contributed by atoms with Crippen molar-refractivity contribution < 1.29 is 22.7 Å². The Morgan fingerprint density at radius 1 is 1.35 bits per heavy atom. The minimum Gasteiger partial charge on any atom is -0.383 e. The van der Waals surface area contributed by atoms with Gasteiger partial charge in [-0.1, -0.05) is 30.3 Å². The number of nitrogens with two attached hydrogens (primary N) is 1. The monoisotopic (exact) mass is 290 g/mol. The summed E-state index contributed by atoms with van der Waals surface area (Å²) in [6, 6.07) is 5.03. The lowest BCUT2D eigenvalue weighted by Crippen LogP contribution is -2.53. The van der Waals surface area contributed by atoms with Gasteiger partial charge in [0.1, 0.15) is 12.1 Å². The molecule has 0 spiro atoms. The van der Waals surface area contributed by atoms with Gasteiger partial charge in [-0.2, -0.15) is 13.2 Å². The maximum Gasteiger partial charge on any atom is 0.408 e. The zero-order chi connectivity index (χ0) is 15.2. The summed E-state index contributed by atoms with van der Waals surface area (Å²) in [6.07, 6.45) is -4.88. The van der Waals surface area contributed by atoms with Crippen molar-refractivity contribution >= 4 is 5.91 Å². The number of nitrogens with one attached hydrogen (secondary N) is 1. The van der Waals surface area contributed by atoms with Crippen molar-refractivity contribution in [3.05, 3.63) is 35.9 Å². The standard InChI is InChI=1S/C13H17F3N2O2/c1-20-8-10(17)12(19)18-11(13(14,15)16)7-9-5-3-2-4-6-9/h2-6,10-11H,7-8,17H2,1H3,(H,18,19). The number of amides is 1. The van der Waals surface area contributed by atoms with Crippen LogP contribution in [0, 0.1) is 0 Å². The Hall–Kier alpha value is -1.60. The second kappa shape index (κ2) is 7.25. The number of carbonyl (C=O) groups excluding carboxylic acids is 1. The van der Waals surface area contributed by atoms with Crippen molar-refractivity contribution in [1.29, 1.82) is 0 Å². The third-order valence-corrected chi connectivity index (χ3v) is 2.68. The van der Waals surface area contributed by atoms with Gasteiger partial charge in [0.15, 0.2) is 0 Å². The van der Waals surface area contributed by atoms with Crippen molar-refractivity contribution in [2.45, 2.75) is 24.7 Å². The number of hydrogen-bond donors (Lipinski definition) is 2. The minimum absolute atomic E-state index is 0.137. The summed E-state index contributed by atoms with van der Waals surface area (Å²) in [6.45, 7) is -0.137. The summed E-state index contributed by atoms with van der Waals surface area (Å²) in [7, 11) is 1.32. The van der Waals surface area contributed by atoms with Gasteiger partial charge in [-0.25, -0.2) is 0 Å². The first-order valence-electron chi connectivity index (χ1n) is 6.00. The zero-order valence-corrected chi connectivity index (χ0v) is 11.0. The fourth-order valence-electron chi connectivity index (χ4n) is 1.63. The van der Waals surface area contributed by atoms with Crippen LogP contribution in [0.5, 0.6) is 0 Å². The molecule has 4 nitrogen and oxygen atoms in total. The quantitative estimate of drug-likeness (QED) is 0.829. The van der Waals surface area contributed by atoms with Gasteiger partial charge in [0, 0.05) is 13.5 Å². The van der Waals surface area contributed by atoms with Crippen LogP contribution in [-0.4, -0.2) is 37.9 Å². The fraction of sp³-hybridized carbons (Fsp3) is 0.462. The first kappa shape index (κ1) is 16.5. The minimum atomic E-state index is -4.54. The molecular formula is C13H17F3N2O2. The average molecular weight is 290 g/mol. The van der Waals surface area contributed by atoms with Crippen LogP contribution in [0.3, 0.4) is 0 Å². The molecule has 2 unspecified atom stereocenters. The maximum absolute atomic E-state index is 12.9. The second-order valence-corrected chi connectivity index (χ2v) is 4.35.